The van der Waals surface area contributed by atoms with Crippen LogP contribution in [0.3, 0.4) is 0 Å². The number of carbonyl (C=O) groups is 2. The summed E-state index contributed by atoms with van der Waals surface area (Å²) in [5.74, 6) is 0.0293. The average Bonchev–Trinajstić information content (AvgIpc) is 2.28. The molecule has 0 aromatic rings. The lowest BCUT2D eigenvalue weighted by Gasteiger charge is -2.24. The van der Waals surface area contributed by atoms with Crippen LogP contribution in [-0.2, 0) is 9.59 Å². The summed E-state index contributed by atoms with van der Waals surface area (Å²) in [5, 5.41) is 2.81. The topological polar surface area (TPSA) is 75.4 Å². The molecule has 1 unspecified atom stereocenters. The third kappa shape index (κ3) is 8.06. The summed E-state index contributed by atoms with van der Waals surface area (Å²) >= 11 is 0. The van der Waals surface area contributed by atoms with Gasteiger partial charge in [0.05, 0.1) is 6.54 Å². The van der Waals surface area contributed by atoms with Crippen LogP contribution in [0, 0.1) is 0 Å². The first-order chi connectivity index (χ1) is 8.59. The molecule has 6 heteroatoms. The van der Waals surface area contributed by atoms with Crippen LogP contribution < -0.4 is 11.1 Å². The van der Waals surface area contributed by atoms with Gasteiger partial charge in [-0.2, -0.15) is 0 Å². The number of likely N-dealkylation sites (tertiary alicyclic amines) is 1. The van der Waals surface area contributed by atoms with E-state index in [4.69, 9.17) is 5.73 Å². The van der Waals surface area contributed by atoms with Crippen LogP contribution >= 0.6 is 12.4 Å². The minimum atomic E-state index is -0.0791. The fourth-order valence-corrected chi connectivity index (χ4v) is 2.05. The van der Waals surface area contributed by atoms with Gasteiger partial charge in [0.15, 0.2) is 0 Å². The van der Waals surface area contributed by atoms with Crippen LogP contribution in [0.2, 0.25) is 0 Å². The summed E-state index contributed by atoms with van der Waals surface area (Å²) in [4.78, 5) is 25.2. The molecule has 1 aliphatic rings. The number of nitrogens with two attached hydrogens (primary N) is 1. The van der Waals surface area contributed by atoms with Gasteiger partial charge in [-0.05, 0) is 26.2 Å². The third-order valence-corrected chi connectivity index (χ3v) is 3.18. The van der Waals surface area contributed by atoms with Crippen molar-refractivity contribution in [3.8, 4) is 0 Å². The monoisotopic (exact) mass is 291 g/mol. The first-order valence-electron chi connectivity index (χ1n) is 6.89. The number of carbonyl (C=O) groups excluding carboxylic acids is 2. The van der Waals surface area contributed by atoms with Crippen LogP contribution in [-0.4, -0.2) is 42.4 Å². The van der Waals surface area contributed by atoms with E-state index in [-0.39, 0.29) is 36.8 Å². The molecule has 1 atom stereocenters. The molecule has 1 aliphatic heterocycles. The second kappa shape index (κ2) is 10.0. The smallest absolute Gasteiger partial charge is 0.239 e. The number of amides is 2. The number of hydrogen-bond donors (Lipinski definition) is 2. The van der Waals surface area contributed by atoms with Gasteiger partial charge >= 0.3 is 0 Å². The molecule has 0 aromatic carbocycles. The van der Waals surface area contributed by atoms with Crippen molar-refractivity contribution in [2.45, 2.75) is 51.5 Å². The zero-order valence-electron chi connectivity index (χ0n) is 11.7. The summed E-state index contributed by atoms with van der Waals surface area (Å²) in [7, 11) is 0. The van der Waals surface area contributed by atoms with E-state index in [9.17, 15) is 9.59 Å². The molecule has 0 radical (unpaired) electrons. The summed E-state index contributed by atoms with van der Waals surface area (Å²) in [6, 6.07) is 0.0913. The van der Waals surface area contributed by atoms with Crippen molar-refractivity contribution >= 4 is 24.2 Å². The maximum atomic E-state index is 11.8. The van der Waals surface area contributed by atoms with E-state index in [0.29, 0.717) is 19.5 Å². The Bertz CT molecular complexity index is 285. The Balaban J connectivity index is 0.00000324. The summed E-state index contributed by atoms with van der Waals surface area (Å²) in [5.41, 5.74) is 5.61. The van der Waals surface area contributed by atoms with Crippen molar-refractivity contribution < 1.29 is 9.59 Å². The van der Waals surface area contributed by atoms with Gasteiger partial charge in [0.1, 0.15) is 0 Å². The zero-order chi connectivity index (χ0) is 13.4. The molecule has 0 aliphatic carbocycles. The normalized spacial score (nSPS) is 18.0. The second-order valence-electron chi connectivity index (χ2n) is 5.10. The third-order valence-electron chi connectivity index (χ3n) is 3.18. The molecule has 1 rings (SSSR count). The van der Waals surface area contributed by atoms with E-state index < -0.39 is 0 Å². The fraction of sp³-hybridized carbons (Fsp3) is 0.846. The van der Waals surface area contributed by atoms with Crippen molar-refractivity contribution in [3.05, 3.63) is 0 Å². The van der Waals surface area contributed by atoms with Crippen LogP contribution in [0.4, 0.5) is 0 Å². The molecule has 1 heterocycles. The van der Waals surface area contributed by atoms with E-state index in [1.807, 2.05) is 6.92 Å². The van der Waals surface area contributed by atoms with E-state index >= 15 is 0 Å². The molecule has 0 saturated carbocycles. The van der Waals surface area contributed by atoms with Crippen molar-refractivity contribution in [2.75, 3.05) is 19.6 Å². The molecule has 112 valence electrons. The standard InChI is InChI=1S/C13H25N3O2.ClH/c1-11(14)7-8-15-12(17)10-16-9-5-3-2-4-6-13(16)18;/h11H,2-10,14H2,1H3,(H,15,17);1H. The molecule has 2 amide bonds. The average molecular weight is 292 g/mol. The van der Waals surface area contributed by atoms with Crippen molar-refractivity contribution in [3.63, 3.8) is 0 Å². The Morgan fingerprint density at radius 3 is 2.74 bits per heavy atom. The van der Waals surface area contributed by atoms with Crippen molar-refractivity contribution in [1.82, 2.24) is 10.2 Å². The zero-order valence-corrected chi connectivity index (χ0v) is 12.5. The van der Waals surface area contributed by atoms with Gasteiger partial charge < -0.3 is 16.0 Å². The molecule has 1 saturated heterocycles. The molecule has 1 fully saturated rings. The molecule has 0 bridgehead atoms. The minimum Gasteiger partial charge on any atom is -0.355 e. The maximum Gasteiger partial charge on any atom is 0.239 e. The van der Waals surface area contributed by atoms with Crippen LogP contribution in [0.1, 0.15) is 45.4 Å². The van der Waals surface area contributed by atoms with Gasteiger partial charge in [-0.25, -0.2) is 0 Å². The second-order valence-corrected chi connectivity index (χ2v) is 5.10. The number of hydrogen-bond acceptors (Lipinski definition) is 3. The number of nitrogens with one attached hydrogen (secondary N) is 1. The molecular weight excluding hydrogens is 266 g/mol. The first kappa shape index (κ1) is 18.2. The summed E-state index contributed by atoms with van der Waals surface area (Å²) in [6.45, 7) is 3.39. The maximum absolute atomic E-state index is 11.8. The van der Waals surface area contributed by atoms with Crippen molar-refractivity contribution in [2.24, 2.45) is 5.73 Å². The Kier molecular flexibility index (Phi) is 9.61. The van der Waals surface area contributed by atoms with Gasteiger partial charge in [-0.1, -0.05) is 12.8 Å². The molecule has 3 N–H and O–H groups in total. The number of rotatable bonds is 5. The van der Waals surface area contributed by atoms with Crippen LogP contribution in [0.5, 0.6) is 0 Å². The van der Waals surface area contributed by atoms with Gasteiger partial charge in [0.25, 0.3) is 0 Å². The van der Waals surface area contributed by atoms with E-state index in [2.05, 4.69) is 5.32 Å². The molecule has 5 nitrogen and oxygen atoms in total. The molecule has 0 aromatic heterocycles. The van der Waals surface area contributed by atoms with Gasteiger partial charge in [0, 0.05) is 25.6 Å². The SMILES string of the molecule is CC(N)CCNC(=O)CN1CCCCCCC1=O.Cl. The fourth-order valence-electron chi connectivity index (χ4n) is 2.05. The van der Waals surface area contributed by atoms with Crippen LogP contribution in [0.15, 0.2) is 0 Å². The van der Waals surface area contributed by atoms with Gasteiger partial charge in [-0.3, -0.25) is 9.59 Å². The largest absolute Gasteiger partial charge is 0.355 e. The van der Waals surface area contributed by atoms with Crippen LogP contribution in [0.25, 0.3) is 0 Å². The predicted molar refractivity (Wildman–Crippen MR) is 78.2 cm³/mol. The Morgan fingerprint density at radius 2 is 2.05 bits per heavy atom. The van der Waals surface area contributed by atoms with Gasteiger partial charge in [-0.15, -0.1) is 12.4 Å². The summed E-state index contributed by atoms with van der Waals surface area (Å²) < 4.78 is 0. The number of halogens is 1. The minimum absolute atomic E-state index is 0. The molecule has 0 spiro atoms. The highest BCUT2D eigenvalue weighted by Gasteiger charge is 2.17. The molecule has 19 heavy (non-hydrogen) atoms. The highest BCUT2D eigenvalue weighted by Crippen LogP contribution is 2.11. The molecular formula is C13H26ClN3O2. The lowest BCUT2D eigenvalue weighted by molar-refractivity contribution is -0.136. The predicted octanol–water partition coefficient (Wildman–Crippen LogP) is 1.05. The van der Waals surface area contributed by atoms with Crippen molar-refractivity contribution in [1.29, 1.82) is 0 Å². The summed E-state index contributed by atoms with van der Waals surface area (Å²) in [6.07, 6.45) is 5.56. The quantitative estimate of drug-likeness (QED) is 0.795. The Hall–Kier alpha value is -0.810. The highest BCUT2D eigenvalue weighted by atomic mass is 35.5. The van der Waals surface area contributed by atoms with E-state index in [1.165, 1.54) is 0 Å². The lowest BCUT2D eigenvalue weighted by atomic mass is 10.1. The first-order valence-corrected chi connectivity index (χ1v) is 6.89. The van der Waals surface area contributed by atoms with E-state index in [0.717, 1.165) is 32.1 Å². The van der Waals surface area contributed by atoms with Gasteiger partial charge in [0.2, 0.25) is 11.8 Å². The Labute approximate surface area is 121 Å². The highest BCUT2D eigenvalue weighted by molar-refractivity contribution is 5.85. The van der Waals surface area contributed by atoms with E-state index in [1.54, 1.807) is 4.90 Å². The lowest BCUT2D eigenvalue weighted by Crippen LogP contribution is -2.42. The Morgan fingerprint density at radius 1 is 1.37 bits per heavy atom. The number of nitrogens with zero attached hydrogens (tertiary/aromatic N) is 1.